The molecule has 3 aromatic heterocycles. The van der Waals surface area contributed by atoms with Crippen molar-refractivity contribution in [2.24, 2.45) is 7.05 Å². The van der Waals surface area contributed by atoms with E-state index in [1.54, 1.807) is 12.4 Å². The zero-order chi connectivity index (χ0) is 19.7. The Labute approximate surface area is 165 Å². The first-order valence-electron chi connectivity index (χ1n) is 9.69. The molecule has 28 heavy (non-hydrogen) atoms. The lowest BCUT2D eigenvalue weighted by molar-refractivity contribution is 0.0218. The average Bonchev–Trinajstić information content (AvgIpc) is 3.02. The Hall–Kier alpha value is -2.58. The molecule has 0 bridgehead atoms. The van der Waals surface area contributed by atoms with Crippen LogP contribution in [0.1, 0.15) is 12.6 Å². The summed E-state index contributed by atoms with van der Waals surface area (Å²) in [5, 5.41) is 5.60. The van der Waals surface area contributed by atoms with E-state index >= 15 is 0 Å². The van der Waals surface area contributed by atoms with Gasteiger partial charge in [0.1, 0.15) is 5.82 Å². The highest BCUT2D eigenvalue weighted by molar-refractivity contribution is 5.91. The van der Waals surface area contributed by atoms with Crippen LogP contribution in [-0.4, -0.2) is 75.6 Å². The molecular formula is C20H27N7O. The van der Waals surface area contributed by atoms with Crippen LogP contribution < -0.4 is 4.90 Å². The zero-order valence-electron chi connectivity index (χ0n) is 17.0. The molecular weight excluding hydrogens is 354 g/mol. The minimum atomic E-state index is 0.403. The van der Waals surface area contributed by atoms with Gasteiger partial charge in [-0.3, -0.25) is 14.6 Å². The molecule has 0 spiro atoms. The third kappa shape index (κ3) is 3.57. The van der Waals surface area contributed by atoms with Gasteiger partial charge in [-0.25, -0.2) is 9.97 Å². The number of aryl methyl sites for hydroxylation is 2. The van der Waals surface area contributed by atoms with Gasteiger partial charge in [0.15, 0.2) is 11.5 Å². The SMILES string of the molecule is Cc1nn(C)c2nc(-c3ccncc3)nc(N(C)C[C@@H](C)N3CCOCC3)c12. The number of nitrogens with zero attached hydrogens (tertiary/aromatic N) is 7. The number of hydrogen-bond acceptors (Lipinski definition) is 7. The molecule has 0 saturated carbocycles. The van der Waals surface area contributed by atoms with Crippen molar-refractivity contribution < 1.29 is 4.74 Å². The molecule has 0 aliphatic carbocycles. The quantitative estimate of drug-likeness (QED) is 0.668. The van der Waals surface area contributed by atoms with Crippen LogP contribution in [0.15, 0.2) is 24.5 Å². The van der Waals surface area contributed by atoms with E-state index in [0.717, 1.165) is 61.0 Å². The number of pyridine rings is 1. The highest BCUT2D eigenvalue weighted by Crippen LogP contribution is 2.29. The second-order valence-electron chi connectivity index (χ2n) is 7.39. The molecule has 4 heterocycles. The van der Waals surface area contributed by atoms with E-state index in [1.807, 2.05) is 30.8 Å². The van der Waals surface area contributed by atoms with Crippen LogP contribution in [0.4, 0.5) is 5.82 Å². The van der Waals surface area contributed by atoms with Crippen molar-refractivity contribution in [3.63, 3.8) is 0 Å². The maximum absolute atomic E-state index is 5.49. The fourth-order valence-corrected chi connectivity index (χ4v) is 3.84. The number of aromatic nitrogens is 5. The van der Waals surface area contributed by atoms with E-state index in [1.165, 1.54) is 0 Å². The van der Waals surface area contributed by atoms with Crippen LogP contribution in [0, 0.1) is 6.92 Å². The second kappa shape index (κ2) is 7.81. The van der Waals surface area contributed by atoms with Crippen LogP contribution in [-0.2, 0) is 11.8 Å². The van der Waals surface area contributed by atoms with Crippen LogP contribution >= 0.6 is 0 Å². The molecule has 0 N–H and O–H groups in total. The molecule has 1 fully saturated rings. The topological polar surface area (TPSA) is 72.2 Å². The van der Waals surface area contributed by atoms with Crippen LogP contribution in [0.3, 0.4) is 0 Å². The molecule has 1 saturated heterocycles. The third-order valence-electron chi connectivity index (χ3n) is 5.35. The summed E-state index contributed by atoms with van der Waals surface area (Å²) in [5.41, 5.74) is 2.74. The van der Waals surface area contributed by atoms with Crippen molar-refractivity contribution in [2.75, 3.05) is 44.8 Å². The fourth-order valence-electron chi connectivity index (χ4n) is 3.84. The molecule has 0 radical (unpaired) electrons. The van der Waals surface area contributed by atoms with E-state index in [-0.39, 0.29) is 0 Å². The number of morpholine rings is 1. The summed E-state index contributed by atoms with van der Waals surface area (Å²) in [5.74, 6) is 1.61. The summed E-state index contributed by atoms with van der Waals surface area (Å²) in [6.07, 6.45) is 3.53. The largest absolute Gasteiger partial charge is 0.379 e. The van der Waals surface area contributed by atoms with Gasteiger partial charge in [-0.2, -0.15) is 5.10 Å². The van der Waals surface area contributed by atoms with Gasteiger partial charge >= 0.3 is 0 Å². The van der Waals surface area contributed by atoms with Gasteiger partial charge in [-0.1, -0.05) is 0 Å². The lowest BCUT2D eigenvalue weighted by atomic mass is 10.2. The standard InChI is InChI=1S/C20H27N7O/c1-14(27-9-11-28-12-10-27)13-25(3)19-17-15(2)24-26(4)20(17)23-18(22-19)16-5-7-21-8-6-16/h5-8,14H,9-13H2,1-4H3/t14-/m1/s1. The van der Waals surface area contributed by atoms with Crippen molar-refractivity contribution in [3.8, 4) is 11.4 Å². The number of hydrogen-bond donors (Lipinski definition) is 0. The summed E-state index contributed by atoms with van der Waals surface area (Å²) in [7, 11) is 4.03. The third-order valence-corrected chi connectivity index (χ3v) is 5.35. The van der Waals surface area contributed by atoms with Gasteiger partial charge in [-0.15, -0.1) is 0 Å². The van der Waals surface area contributed by atoms with E-state index in [9.17, 15) is 0 Å². The first kappa shape index (κ1) is 18.8. The second-order valence-corrected chi connectivity index (χ2v) is 7.39. The summed E-state index contributed by atoms with van der Waals surface area (Å²) in [6, 6.07) is 4.27. The molecule has 0 amide bonds. The maximum atomic E-state index is 5.49. The number of rotatable bonds is 5. The van der Waals surface area contributed by atoms with Gasteiger partial charge in [0.05, 0.1) is 24.3 Å². The summed E-state index contributed by atoms with van der Waals surface area (Å²) in [4.78, 5) is 18.5. The molecule has 8 nitrogen and oxygen atoms in total. The van der Waals surface area contributed by atoms with Crippen molar-refractivity contribution in [1.29, 1.82) is 0 Å². The number of fused-ring (bicyclic) bond motifs is 1. The number of anilines is 1. The predicted molar refractivity (Wildman–Crippen MR) is 109 cm³/mol. The highest BCUT2D eigenvalue weighted by Gasteiger charge is 2.22. The summed E-state index contributed by atoms with van der Waals surface area (Å²) < 4.78 is 7.32. The number of ether oxygens (including phenoxy) is 1. The lowest BCUT2D eigenvalue weighted by Crippen LogP contribution is -2.47. The molecule has 148 valence electrons. The van der Waals surface area contributed by atoms with Crippen LogP contribution in [0.2, 0.25) is 0 Å². The van der Waals surface area contributed by atoms with E-state index in [4.69, 9.17) is 14.7 Å². The fraction of sp³-hybridized carbons (Fsp3) is 0.500. The smallest absolute Gasteiger partial charge is 0.164 e. The van der Waals surface area contributed by atoms with Crippen molar-refractivity contribution in [2.45, 2.75) is 19.9 Å². The molecule has 8 heteroatoms. The Bertz CT molecular complexity index is 950. The molecule has 0 aromatic carbocycles. The van der Waals surface area contributed by atoms with Crippen LogP contribution in [0.25, 0.3) is 22.4 Å². The molecule has 3 aromatic rings. The predicted octanol–water partition coefficient (Wildman–Crippen LogP) is 1.89. The molecule has 1 aliphatic rings. The molecule has 0 unspecified atom stereocenters. The van der Waals surface area contributed by atoms with E-state index < -0.39 is 0 Å². The highest BCUT2D eigenvalue weighted by atomic mass is 16.5. The van der Waals surface area contributed by atoms with E-state index in [2.05, 4.69) is 33.9 Å². The van der Waals surface area contributed by atoms with E-state index in [0.29, 0.717) is 11.9 Å². The number of likely N-dealkylation sites (N-methyl/N-ethyl adjacent to an activating group) is 1. The minimum Gasteiger partial charge on any atom is -0.379 e. The molecule has 1 aliphatic heterocycles. The Kier molecular flexibility index (Phi) is 5.23. The zero-order valence-corrected chi connectivity index (χ0v) is 17.0. The molecule has 1 atom stereocenters. The maximum Gasteiger partial charge on any atom is 0.164 e. The van der Waals surface area contributed by atoms with Gasteiger partial charge in [0.25, 0.3) is 0 Å². The van der Waals surface area contributed by atoms with Gasteiger partial charge < -0.3 is 9.64 Å². The Morgan fingerprint density at radius 3 is 2.61 bits per heavy atom. The Balaban J connectivity index is 1.72. The van der Waals surface area contributed by atoms with Crippen molar-refractivity contribution in [3.05, 3.63) is 30.2 Å². The van der Waals surface area contributed by atoms with Crippen molar-refractivity contribution in [1.82, 2.24) is 29.6 Å². The first-order valence-corrected chi connectivity index (χ1v) is 9.69. The first-order chi connectivity index (χ1) is 13.5. The van der Waals surface area contributed by atoms with Gasteiger partial charge in [0.2, 0.25) is 0 Å². The van der Waals surface area contributed by atoms with Gasteiger partial charge in [-0.05, 0) is 26.0 Å². The normalized spacial score (nSPS) is 16.4. The average molecular weight is 381 g/mol. The van der Waals surface area contributed by atoms with Crippen molar-refractivity contribution >= 4 is 16.9 Å². The summed E-state index contributed by atoms with van der Waals surface area (Å²) >= 11 is 0. The lowest BCUT2D eigenvalue weighted by Gasteiger charge is -2.34. The summed E-state index contributed by atoms with van der Waals surface area (Å²) in [6.45, 7) is 8.71. The minimum absolute atomic E-state index is 0.403. The van der Waals surface area contributed by atoms with Crippen LogP contribution in [0.5, 0.6) is 0 Å². The molecule has 4 rings (SSSR count). The monoisotopic (exact) mass is 381 g/mol. The Morgan fingerprint density at radius 1 is 1.18 bits per heavy atom. The van der Waals surface area contributed by atoms with Gasteiger partial charge in [0, 0.05) is 57.7 Å². The Morgan fingerprint density at radius 2 is 1.89 bits per heavy atom.